The van der Waals surface area contributed by atoms with E-state index >= 15 is 0 Å². The molecule has 0 saturated carbocycles. The molecule has 0 aliphatic carbocycles. The normalized spacial score (nSPS) is 14.6. The maximum atomic E-state index is 12.6. The molecule has 156 valence electrons. The van der Waals surface area contributed by atoms with Crippen LogP contribution in [0.1, 0.15) is 41.8 Å². The van der Waals surface area contributed by atoms with Gasteiger partial charge in [-0.2, -0.15) is 0 Å². The van der Waals surface area contributed by atoms with E-state index in [1.807, 2.05) is 43.3 Å². The van der Waals surface area contributed by atoms with Crippen molar-refractivity contribution in [1.82, 2.24) is 15.2 Å². The minimum absolute atomic E-state index is 0.0428. The lowest BCUT2D eigenvalue weighted by atomic mass is 10.0. The van der Waals surface area contributed by atoms with E-state index < -0.39 is 0 Å². The van der Waals surface area contributed by atoms with Crippen LogP contribution in [0.2, 0.25) is 0 Å². The van der Waals surface area contributed by atoms with Crippen LogP contribution in [-0.4, -0.2) is 28.9 Å². The van der Waals surface area contributed by atoms with Crippen molar-refractivity contribution in [2.45, 2.75) is 45.7 Å². The number of benzene rings is 2. The second kappa shape index (κ2) is 9.72. The van der Waals surface area contributed by atoms with Gasteiger partial charge in [-0.15, -0.1) is 0 Å². The predicted octanol–water partition coefficient (Wildman–Crippen LogP) is 4.49. The molecule has 0 unspecified atom stereocenters. The summed E-state index contributed by atoms with van der Waals surface area (Å²) in [6.07, 6.45) is 4.11. The number of nitrogens with one attached hydrogen (secondary N) is 1. The summed E-state index contributed by atoms with van der Waals surface area (Å²) < 4.78 is 5.77. The Balaban J connectivity index is 1.36. The molecule has 1 fully saturated rings. The maximum Gasteiger partial charge on any atom is 0.226 e. The van der Waals surface area contributed by atoms with Gasteiger partial charge in [0.05, 0.1) is 12.1 Å². The van der Waals surface area contributed by atoms with Crippen LogP contribution in [-0.2, 0) is 24.3 Å². The fraction of sp³-hybridized carbons (Fsp3) is 0.360. The highest BCUT2D eigenvalue weighted by Gasteiger charge is 2.16. The third-order valence-electron chi connectivity index (χ3n) is 5.68. The number of aryl methyl sites for hydroxylation is 1. The lowest BCUT2D eigenvalue weighted by Gasteiger charge is -2.27. The summed E-state index contributed by atoms with van der Waals surface area (Å²) in [4.78, 5) is 19.6. The van der Waals surface area contributed by atoms with E-state index in [1.54, 1.807) is 0 Å². The van der Waals surface area contributed by atoms with E-state index in [0.717, 1.165) is 25.2 Å². The molecule has 4 rings (SSSR count). The molecule has 0 radical (unpaired) electrons. The second-order valence-electron chi connectivity index (χ2n) is 7.95. The van der Waals surface area contributed by atoms with Gasteiger partial charge in [0, 0.05) is 18.7 Å². The van der Waals surface area contributed by atoms with Gasteiger partial charge in [-0.3, -0.25) is 9.69 Å². The molecule has 1 saturated heterocycles. The zero-order chi connectivity index (χ0) is 20.8. The van der Waals surface area contributed by atoms with Crippen molar-refractivity contribution >= 4 is 5.91 Å². The third-order valence-corrected chi connectivity index (χ3v) is 5.68. The van der Waals surface area contributed by atoms with Gasteiger partial charge in [0.2, 0.25) is 11.8 Å². The zero-order valence-corrected chi connectivity index (χ0v) is 17.6. The highest BCUT2D eigenvalue weighted by atomic mass is 16.4. The SMILES string of the molecule is Cc1oc(-c2ccccc2)nc1CC(=O)NCc1ccccc1CN1CCCCC1. The minimum Gasteiger partial charge on any atom is -0.441 e. The van der Waals surface area contributed by atoms with Crippen LogP contribution in [0.5, 0.6) is 0 Å². The number of nitrogens with zero attached hydrogens (tertiary/aromatic N) is 2. The Bertz CT molecular complexity index is 975. The summed E-state index contributed by atoms with van der Waals surface area (Å²) in [5.41, 5.74) is 4.08. The fourth-order valence-electron chi connectivity index (χ4n) is 3.95. The average molecular weight is 404 g/mol. The number of amides is 1. The van der Waals surface area contributed by atoms with Crippen molar-refractivity contribution in [2.24, 2.45) is 0 Å². The van der Waals surface area contributed by atoms with E-state index in [9.17, 15) is 4.79 Å². The number of piperidine rings is 1. The predicted molar refractivity (Wildman–Crippen MR) is 118 cm³/mol. The first-order valence-electron chi connectivity index (χ1n) is 10.8. The van der Waals surface area contributed by atoms with Crippen molar-refractivity contribution in [1.29, 1.82) is 0 Å². The molecular formula is C25H29N3O2. The van der Waals surface area contributed by atoms with E-state index in [0.29, 0.717) is 23.9 Å². The third kappa shape index (κ3) is 5.16. The Morgan fingerprint density at radius 3 is 2.47 bits per heavy atom. The van der Waals surface area contributed by atoms with E-state index in [-0.39, 0.29) is 12.3 Å². The molecule has 1 amide bonds. The second-order valence-corrected chi connectivity index (χ2v) is 7.95. The Labute approximate surface area is 178 Å². The minimum atomic E-state index is -0.0428. The monoisotopic (exact) mass is 403 g/mol. The Morgan fingerprint density at radius 1 is 1.00 bits per heavy atom. The van der Waals surface area contributed by atoms with E-state index in [4.69, 9.17) is 4.42 Å². The number of hydrogen-bond acceptors (Lipinski definition) is 4. The van der Waals surface area contributed by atoms with Crippen molar-refractivity contribution in [3.63, 3.8) is 0 Å². The fourth-order valence-corrected chi connectivity index (χ4v) is 3.95. The van der Waals surface area contributed by atoms with E-state index in [2.05, 4.69) is 33.4 Å². The quantitative estimate of drug-likeness (QED) is 0.631. The highest BCUT2D eigenvalue weighted by Crippen LogP contribution is 2.22. The Hall–Kier alpha value is -2.92. The maximum absolute atomic E-state index is 12.6. The number of likely N-dealkylation sites (tertiary alicyclic amines) is 1. The van der Waals surface area contributed by atoms with Gasteiger partial charge in [-0.05, 0) is 56.1 Å². The van der Waals surface area contributed by atoms with Crippen molar-refractivity contribution in [2.75, 3.05) is 13.1 Å². The zero-order valence-electron chi connectivity index (χ0n) is 17.6. The lowest BCUT2D eigenvalue weighted by Crippen LogP contribution is -2.30. The standard InChI is InChI=1S/C25H29N3O2/c1-19-23(27-25(30-19)20-10-4-2-5-11-20)16-24(29)26-17-21-12-6-7-13-22(21)18-28-14-8-3-9-15-28/h2,4-7,10-13H,3,8-9,14-18H2,1H3,(H,26,29). The van der Waals surface area contributed by atoms with Crippen molar-refractivity contribution < 1.29 is 9.21 Å². The topological polar surface area (TPSA) is 58.4 Å². The summed E-state index contributed by atoms with van der Waals surface area (Å²) >= 11 is 0. The molecule has 0 atom stereocenters. The van der Waals surface area contributed by atoms with E-state index in [1.165, 1.54) is 30.4 Å². The van der Waals surface area contributed by atoms with Crippen LogP contribution in [0.15, 0.2) is 59.0 Å². The molecule has 1 N–H and O–H groups in total. The average Bonchev–Trinajstić information content (AvgIpc) is 3.14. The summed E-state index contributed by atoms with van der Waals surface area (Å²) in [6.45, 7) is 5.67. The molecule has 1 aliphatic heterocycles. The lowest BCUT2D eigenvalue weighted by molar-refractivity contribution is -0.120. The van der Waals surface area contributed by atoms with Crippen LogP contribution in [0.4, 0.5) is 0 Å². The van der Waals surface area contributed by atoms with Gasteiger partial charge in [0.15, 0.2) is 0 Å². The number of carbonyl (C=O) groups excluding carboxylic acids is 1. The number of aromatic nitrogens is 1. The number of oxazole rings is 1. The molecule has 1 aromatic heterocycles. The molecular weight excluding hydrogens is 374 g/mol. The summed E-state index contributed by atoms with van der Waals surface area (Å²) in [7, 11) is 0. The molecule has 30 heavy (non-hydrogen) atoms. The molecule has 2 aromatic carbocycles. The van der Waals surface area contributed by atoms with Gasteiger partial charge < -0.3 is 9.73 Å². The van der Waals surface area contributed by atoms with Gasteiger partial charge in [0.1, 0.15) is 5.76 Å². The van der Waals surface area contributed by atoms with Gasteiger partial charge in [-0.25, -0.2) is 4.98 Å². The van der Waals surface area contributed by atoms with Crippen LogP contribution >= 0.6 is 0 Å². The highest BCUT2D eigenvalue weighted by molar-refractivity contribution is 5.78. The van der Waals surface area contributed by atoms with Crippen LogP contribution in [0, 0.1) is 6.92 Å². The summed E-state index contributed by atoms with van der Waals surface area (Å²) in [5.74, 6) is 1.20. The molecule has 0 bridgehead atoms. The number of hydrogen-bond donors (Lipinski definition) is 1. The molecule has 5 nitrogen and oxygen atoms in total. The molecule has 3 aromatic rings. The Kier molecular flexibility index (Phi) is 6.60. The first-order chi connectivity index (χ1) is 14.7. The van der Waals surface area contributed by atoms with Crippen LogP contribution < -0.4 is 5.32 Å². The van der Waals surface area contributed by atoms with Crippen molar-refractivity contribution in [3.05, 3.63) is 77.2 Å². The smallest absolute Gasteiger partial charge is 0.226 e. The largest absolute Gasteiger partial charge is 0.441 e. The number of carbonyl (C=O) groups is 1. The van der Waals surface area contributed by atoms with Crippen LogP contribution in [0.3, 0.4) is 0 Å². The first kappa shape index (κ1) is 20.4. The first-order valence-corrected chi connectivity index (χ1v) is 10.8. The molecule has 5 heteroatoms. The van der Waals surface area contributed by atoms with Gasteiger partial charge in [-0.1, -0.05) is 48.9 Å². The molecule has 1 aliphatic rings. The Morgan fingerprint density at radius 2 is 1.70 bits per heavy atom. The molecule has 0 spiro atoms. The van der Waals surface area contributed by atoms with Crippen LogP contribution in [0.25, 0.3) is 11.5 Å². The van der Waals surface area contributed by atoms with Gasteiger partial charge >= 0.3 is 0 Å². The summed E-state index contributed by atoms with van der Waals surface area (Å²) in [5, 5.41) is 3.06. The number of rotatable bonds is 7. The molecule has 2 heterocycles. The van der Waals surface area contributed by atoms with Crippen molar-refractivity contribution in [3.8, 4) is 11.5 Å². The summed E-state index contributed by atoms with van der Waals surface area (Å²) in [6, 6.07) is 18.1. The van der Waals surface area contributed by atoms with Gasteiger partial charge in [0.25, 0.3) is 0 Å².